The summed E-state index contributed by atoms with van der Waals surface area (Å²) in [6, 6.07) is 0.547. The van der Waals surface area contributed by atoms with Crippen molar-refractivity contribution in [3.05, 3.63) is 41.7 Å². The van der Waals surface area contributed by atoms with Crippen molar-refractivity contribution >= 4 is 11.9 Å². The van der Waals surface area contributed by atoms with E-state index in [0.29, 0.717) is 0 Å². The van der Waals surface area contributed by atoms with Crippen LogP contribution in [0.25, 0.3) is 0 Å². The van der Waals surface area contributed by atoms with Crippen molar-refractivity contribution in [2.24, 2.45) is 5.92 Å². The van der Waals surface area contributed by atoms with Gasteiger partial charge in [0.15, 0.2) is 5.82 Å². The van der Waals surface area contributed by atoms with Crippen molar-refractivity contribution in [1.82, 2.24) is 10.3 Å². The Kier molecular flexibility index (Phi) is 3.55. The van der Waals surface area contributed by atoms with Crippen molar-refractivity contribution in [2.45, 2.75) is 12.5 Å². The number of pyridine rings is 1. The first kappa shape index (κ1) is 13.1. The molecule has 0 aromatic carbocycles. The van der Waals surface area contributed by atoms with Crippen LogP contribution in [0, 0.1) is 17.7 Å². The van der Waals surface area contributed by atoms with Gasteiger partial charge in [0.1, 0.15) is 0 Å². The Balaban J connectivity index is 2.05. The molecule has 19 heavy (non-hydrogen) atoms. The third-order valence-electron chi connectivity index (χ3n) is 2.81. The maximum Gasteiger partial charge on any atom is 0.310 e. The van der Waals surface area contributed by atoms with Gasteiger partial charge >= 0.3 is 5.97 Å². The van der Waals surface area contributed by atoms with Gasteiger partial charge in [0.25, 0.3) is 5.91 Å². The molecule has 0 saturated heterocycles. The highest BCUT2D eigenvalue weighted by molar-refractivity contribution is 5.94. The summed E-state index contributed by atoms with van der Waals surface area (Å²) in [5, 5.41) is 11.2. The highest BCUT2D eigenvalue weighted by atomic mass is 19.2. The average Bonchev–Trinajstić information content (AvgIpc) is 2.81. The van der Waals surface area contributed by atoms with Gasteiger partial charge in [-0.05, 0) is 12.5 Å². The summed E-state index contributed by atoms with van der Waals surface area (Å²) in [7, 11) is 0. The van der Waals surface area contributed by atoms with Crippen LogP contribution < -0.4 is 5.32 Å². The van der Waals surface area contributed by atoms with Crippen molar-refractivity contribution in [3.8, 4) is 0 Å². The highest BCUT2D eigenvalue weighted by Crippen LogP contribution is 2.18. The maximum atomic E-state index is 13.3. The smallest absolute Gasteiger partial charge is 0.310 e. The minimum absolute atomic E-state index is 0.191. The SMILES string of the molecule is O=C(NC1C=CC(C(=O)O)C1)c1ccnc(F)c1F. The number of nitrogens with one attached hydrogen (secondary N) is 1. The number of halogens is 2. The normalized spacial score (nSPS) is 21.4. The minimum atomic E-state index is -1.35. The molecule has 5 nitrogen and oxygen atoms in total. The number of hydrogen-bond donors (Lipinski definition) is 2. The Labute approximate surface area is 107 Å². The Bertz CT molecular complexity index is 560. The molecule has 1 aliphatic carbocycles. The molecule has 1 aliphatic rings. The zero-order valence-corrected chi connectivity index (χ0v) is 9.64. The van der Waals surface area contributed by atoms with Crippen molar-refractivity contribution < 1.29 is 23.5 Å². The van der Waals surface area contributed by atoms with E-state index in [0.717, 1.165) is 12.3 Å². The standard InChI is InChI=1S/C12H10F2N2O3/c13-9-8(3-4-15-10(9)14)11(17)16-7-2-1-6(5-7)12(18)19/h1-4,6-7H,5H2,(H,16,17)(H,18,19). The number of aromatic nitrogens is 1. The van der Waals surface area contributed by atoms with Crippen molar-refractivity contribution in [2.75, 3.05) is 0 Å². The molecule has 0 radical (unpaired) electrons. The Morgan fingerprint density at radius 3 is 2.74 bits per heavy atom. The number of hydrogen-bond acceptors (Lipinski definition) is 3. The molecule has 7 heteroatoms. The lowest BCUT2D eigenvalue weighted by atomic mass is 10.1. The van der Waals surface area contributed by atoms with Gasteiger partial charge in [0, 0.05) is 12.2 Å². The molecule has 1 aromatic rings. The predicted octanol–water partition coefficient (Wildman–Crippen LogP) is 1.12. The molecule has 0 fully saturated rings. The summed E-state index contributed by atoms with van der Waals surface area (Å²) in [6.07, 6.45) is 4.15. The summed E-state index contributed by atoms with van der Waals surface area (Å²) >= 11 is 0. The molecule has 0 spiro atoms. The van der Waals surface area contributed by atoms with Crippen LogP contribution in [0.4, 0.5) is 8.78 Å². The molecule has 0 aliphatic heterocycles. The first-order chi connectivity index (χ1) is 8.99. The van der Waals surface area contributed by atoms with Gasteiger partial charge in [-0.3, -0.25) is 9.59 Å². The summed E-state index contributed by atoms with van der Waals surface area (Å²) in [6.45, 7) is 0. The van der Waals surface area contributed by atoms with E-state index < -0.39 is 41.2 Å². The lowest BCUT2D eigenvalue weighted by Crippen LogP contribution is -2.34. The van der Waals surface area contributed by atoms with Crippen LogP contribution in [0.5, 0.6) is 0 Å². The summed E-state index contributed by atoms with van der Waals surface area (Å²) in [5.74, 6) is -5.15. The Morgan fingerprint density at radius 2 is 2.11 bits per heavy atom. The third kappa shape index (κ3) is 2.75. The first-order valence-electron chi connectivity index (χ1n) is 5.51. The second-order valence-corrected chi connectivity index (χ2v) is 4.11. The second kappa shape index (κ2) is 5.13. The quantitative estimate of drug-likeness (QED) is 0.636. The first-order valence-corrected chi connectivity index (χ1v) is 5.51. The zero-order chi connectivity index (χ0) is 14.0. The average molecular weight is 268 g/mol. The fourth-order valence-corrected chi connectivity index (χ4v) is 1.83. The lowest BCUT2D eigenvalue weighted by Gasteiger charge is -2.12. The summed E-state index contributed by atoms with van der Waals surface area (Å²) < 4.78 is 26.2. The Hall–Kier alpha value is -2.31. The maximum absolute atomic E-state index is 13.3. The summed E-state index contributed by atoms with van der Waals surface area (Å²) in [4.78, 5) is 25.5. The van der Waals surface area contributed by atoms with Gasteiger partial charge in [-0.25, -0.2) is 9.37 Å². The monoisotopic (exact) mass is 268 g/mol. The van der Waals surface area contributed by atoms with Crippen LogP contribution >= 0.6 is 0 Å². The number of aliphatic carboxylic acids is 1. The van der Waals surface area contributed by atoms with E-state index in [4.69, 9.17) is 5.11 Å². The van der Waals surface area contributed by atoms with Crippen LogP contribution in [0.1, 0.15) is 16.8 Å². The molecule has 2 N–H and O–H groups in total. The fourth-order valence-electron chi connectivity index (χ4n) is 1.83. The predicted molar refractivity (Wildman–Crippen MR) is 60.3 cm³/mol. The molecule has 2 atom stereocenters. The number of amides is 1. The van der Waals surface area contributed by atoms with Crippen LogP contribution in [-0.2, 0) is 4.79 Å². The number of nitrogens with zero attached hydrogens (tertiary/aromatic N) is 1. The van der Waals surface area contributed by atoms with E-state index in [1.165, 1.54) is 12.2 Å². The lowest BCUT2D eigenvalue weighted by molar-refractivity contribution is -0.140. The van der Waals surface area contributed by atoms with Crippen LogP contribution in [0.2, 0.25) is 0 Å². The van der Waals surface area contributed by atoms with Gasteiger partial charge < -0.3 is 10.4 Å². The van der Waals surface area contributed by atoms with Crippen molar-refractivity contribution in [1.29, 1.82) is 0 Å². The van der Waals surface area contributed by atoms with E-state index in [1.807, 2.05) is 0 Å². The fraction of sp³-hybridized carbons (Fsp3) is 0.250. The van der Waals surface area contributed by atoms with Gasteiger partial charge in [-0.2, -0.15) is 4.39 Å². The van der Waals surface area contributed by atoms with E-state index in [-0.39, 0.29) is 6.42 Å². The van der Waals surface area contributed by atoms with E-state index >= 15 is 0 Å². The molecule has 1 amide bonds. The number of rotatable bonds is 3. The van der Waals surface area contributed by atoms with E-state index in [2.05, 4.69) is 10.3 Å². The van der Waals surface area contributed by atoms with Crippen LogP contribution in [0.3, 0.4) is 0 Å². The number of carbonyl (C=O) groups excluding carboxylic acids is 1. The molecule has 2 unspecified atom stereocenters. The number of carboxylic acids is 1. The largest absolute Gasteiger partial charge is 0.481 e. The molecule has 2 rings (SSSR count). The minimum Gasteiger partial charge on any atom is -0.481 e. The Morgan fingerprint density at radius 1 is 1.37 bits per heavy atom. The topological polar surface area (TPSA) is 79.3 Å². The molecular formula is C12H10F2N2O3. The van der Waals surface area contributed by atoms with Crippen LogP contribution in [-0.4, -0.2) is 28.0 Å². The third-order valence-corrected chi connectivity index (χ3v) is 2.81. The van der Waals surface area contributed by atoms with E-state index in [9.17, 15) is 18.4 Å². The van der Waals surface area contributed by atoms with Crippen molar-refractivity contribution in [3.63, 3.8) is 0 Å². The highest BCUT2D eigenvalue weighted by Gasteiger charge is 2.26. The van der Waals surface area contributed by atoms with Gasteiger partial charge in [-0.1, -0.05) is 12.2 Å². The zero-order valence-electron chi connectivity index (χ0n) is 9.64. The molecule has 0 saturated carbocycles. The summed E-state index contributed by atoms with van der Waals surface area (Å²) in [5.41, 5.74) is -0.459. The molecule has 1 aromatic heterocycles. The second-order valence-electron chi connectivity index (χ2n) is 4.11. The van der Waals surface area contributed by atoms with Gasteiger partial charge in [0.2, 0.25) is 5.95 Å². The number of carbonyl (C=O) groups is 2. The van der Waals surface area contributed by atoms with Gasteiger partial charge in [0.05, 0.1) is 11.5 Å². The number of carboxylic acid groups (broad SMARTS) is 1. The molecule has 100 valence electrons. The molecular weight excluding hydrogens is 258 g/mol. The molecule has 0 bridgehead atoms. The van der Waals surface area contributed by atoms with E-state index in [1.54, 1.807) is 0 Å². The van der Waals surface area contributed by atoms with Gasteiger partial charge in [-0.15, -0.1) is 0 Å². The molecule has 1 heterocycles. The van der Waals surface area contributed by atoms with Crippen LogP contribution in [0.15, 0.2) is 24.4 Å².